The van der Waals surface area contributed by atoms with Crippen molar-refractivity contribution >= 4 is 22.1 Å². The van der Waals surface area contributed by atoms with Gasteiger partial charge in [-0.15, -0.1) is 0 Å². The van der Waals surface area contributed by atoms with Crippen molar-refractivity contribution < 1.29 is 27.5 Å². The Hall–Kier alpha value is -2.45. The highest BCUT2D eigenvalue weighted by atomic mass is 32.2. The third-order valence-electron chi connectivity index (χ3n) is 4.52. The minimum Gasteiger partial charge on any atom is -0.480 e. The van der Waals surface area contributed by atoms with E-state index in [1.54, 1.807) is 17.0 Å². The quantitative estimate of drug-likeness (QED) is 0.760. The van der Waals surface area contributed by atoms with Crippen LogP contribution in [-0.4, -0.2) is 61.3 Å². The maximum atomic E-state index is 11.6. The zero-order chi connectivity index (χ0) is 18.7. The molecule has 2 heterocycles. The van der Waals surface area contributed by atoms with Crippen molar-refractivity contribution in [2.75, 3.05) is 24.6 Å². The van der Waals surface area contributed by atoms with Gasteiger partial charge in [0.05, 0.1) is 11.5 Å². The van der Waals surface area contributed by atoms with Gasteiger partial charge >= 0.3 is 5.97 Å². The monoisotopic (exact) mass is 377 g/mol. The highest BCUT2D eigenvalue weighted by Crippen LogP contribution is 2.23. The van der Waals surface area contributed by atoms with Crippen LogP contribution in [0, 0.1) is 0 Å². The minimum atomic E-state index is -3.05. The molecule has 1 N–H and O–H groups in total. The number of aldehydes is 1. The predicted octanol–water partition coefficient (Wildman–Crippen LogP) is 1.49. The van der Waals surface area contributed by atoms with E-state index in [1.807, 2.05) is 24.3 Å². The number of hydrogen-bond donors (Lipinski definition) is 1. The first-order valence-corrected chi connectivity index (χ1v) is 10.0. The summed E-state index contributed by atoms with van der Waals surface area (Å²) in [7, 11) is -3.05. The van der Waals surface area contributed by atoms with Crippen LogP contribution in [0.5, 0.6) is 0 Å². The van der Waals surface area contributed by atoms with E-state index in [4.69, 9.17) is 4.42 Å². The SMILES string of the molecule is O=Cc1ccc(-c2ccc(CC(C(=O)O)N3CCS(=O)(=O)CC3)cc2)o1. The highest BCUT2D eigenvalue weighted by Gasteiger charge is 2.31. The molecule has 0 amide bonds. The van der Waals surface area contributed by atoms with E-state index < -0.39 is 21.8 Å². The molecule has 1 aliphatic heterocycles. The Balaban J connectivity index is 1.71. The lowest BCUT2D eigenvalue weighted by Gasteiger charge is -2.31. The summed E-state index contributed by atoms with van der Waals surface area (Å²) in [5.74, 6) is -0.166. The molecule has 0 saturated carbocycles. The maximum Gasteiger partial charge on any atom is 0.321 e. The van der Waals surface area contributed by atoms with Crippen molar-refractivity contribution in [3.05, 3.63) is 47.7 Å². The van der Waals surface area contributed by atoms with Crippen LogP contribution < -0.4 is 0 Å². The van der Waals surface area contributed by atoms with Gasteiger partial charge in [-0.25, -0.2) is 8.42 Å². The van der Waals surface area contributed by atoms with Gasteiger partial charge in [-0.05, 0) is 24.1 Å². The molecule has 7 nitrogen and oxygen atoms in total. The number of nitrogens with zero attached hydrogens (tertiary/aromatic N) is 1. The molecule has 1 fully saturated rings. The first-order chi connectivity index (χ1) is 12.4. The van der Waals surface area contributed by atoms with E-state index in [1.165, 1.54) is 0 Å². The summed E-state index contributed by atoms with van der Waals surface area (Å²) in [6.07, 6.45) is 0.918. The smallest absolute Gasteiger partial charge is 0.321 e. The highest BCUT2D eigenvalue weighted by molar-refractivity contribution is 7.91. The van der Waals surface area contributed by atoms with E-state index in [-0.39, 0.29) is 36.8 Å². The minimum absolute atomic E-state index is 0.00667. The number of carbonyl (C=O) groups excluding carboxylic acids is 1. The summed E-state index contributed by atoms with van der Waals surface area (Å²) in [5.41, 5.74) is 1.62. The van der Waals surface area contributed by atoms with Gasteiger partial charge in [-0.2, -0.15) is 0 Å². The number of carbonyl (C=O) groups is 2. The second-order valence-corrected chi connectivity index (χ2v) is 8.57. The van der Waals surface area contributed by atoms with Crippen molar-refractivity contribution in [2.24, 2.45) is 0 Å². The molecule has 0 spiro atoms. The first kappa shape index (κ1) is 18.3. The molecule has 3 rings (SSSR count). The van der Waals surface area contributed by atoms with Crippen LogP contribution in [0.25, 0.3) is 11.3 Å². The Bertz CT molecular complexity index is 886. The molecule has 138 valence electrons. The zero-order valence-electron chi connectivity index (χ0n) is 14.0. The summed E-state index contributed by atoms with van der Waals surface area (Å²) in [4.78, 5) is 24.0. The fourth-order valence-corrected chi connectivity index (χ4v) is 4.24. The lowest BCUT2D eigenvalue weighted by Crippen LogP contribution is -2.50. The molecule has 8 heteroatoms. The topological polar surface area (TPSA) is 105 Å². The van der Waals surface area contributed by atoms with Crippen LogP contribution in [0.3, 0.4) is 0 Å². The molecule has 1 saturated heterocycles. The lowest BCUT2D eigenvalue weighted by atomic mass is 10.0. The zero-order valence-corrected chi connectivity index (χ0v) is 14.8. The molecule has 1 aliphatic rings. The number of rotatable bonds is 6. The van der Waals surface area contributed by atoms with Crippen LogP contribution >= 0.6 is 0 Å². The van der Waals surface area contributed by atoms with Crippen molar-refractivity contribution in [3.8, 4) is 11.3 Å². The van der Waals surface area contributed by atoms with Gasteiger partial charge in [-0.1, -0.05) is 24.3 Å². The van der Waals surface area contributed by atoms with Crippen molar-refractivity contribution in [1.29, 1.82) is 0 Å². The normalized spacial score (nSPS) is 18.3. The molecule has 26 heavy (non-hydrogen) atoms. The first-order valence-electron chi connectivity index (χ1n) is 8.19. The number of benzene rings is 1. The summed E-state index contributed by atoms with van der Waals surface area (Å²) in [5, 5.41) is 9.54. The summed E-state index contributed by atoms with van der Waals surface area (Å²) >= 11 is 0. The van der Waals surface area contributed by atoms with Gasteiger partial charge in [0.1, 0.15) is 11.8 Å². The van der Waals surface area contributed by atoms with Gasteiger partial charge in [0.15, 0.2) is 21.9 Å². The third-order valence-corrected chi connectivity index (χ3v) is 6.12. The van der Waals surface area contributed by atoms with E-state index in [0.717, 1.165) is 11.1 Å². The number of sulfone groups is 1. The average Bonchev–Trinajstić information content (AvgIpc) is 3.09. The Morgan fingerprint density at radius 1 is 1.15 bits per heavy atom. The molecule has 1 unspecified atom stereocenters. The van der Waals surface area contributed by atoms with Crippen molar-refractivity contribution in [1.82, 2.24) is 4.90 Å². The average molecular weight is 377 g/mol. The number of carboxylic acids is 1. The van der Waals surface area contributed by atoms with Crippen molar-refractivity contribution in [3.63, 3.8) is 0 Å². The largest absolute Gasteiger partial charge is 0.480 e. The standard InChI is InChI=1S/C18H19NO6S/c20-12-15-5-6-17(25-15)14-3-1-13(2-4-14)11-16(18(21)22)19-7-9-26(23,24)10-8-19/h1-6,12,16H,7-11H2,(H,21,22). The maximum absolute atomic E-state index is 11.6. The van der Waals surface area contributed by atoms with Crippen LogP contribution in [0.15, 0.2) is 40.8 Å². The molecule has 0 radical (unpaired) electrons. The fraction of sp³-hybridized carbons (Fsp3) is 0.333. The van der Waals surface area contributed by atoms with Gasteiger partial charge in [-0.3, -0.25) is 14.5 Å². The Morgan fingerprint density at radius 2 is 1.81 bits per heavy atom. The summed E-state index contributed by atoms with van der Waals surface area (Å²) in [6, 6.07) is 9.77. The van der Waals surface area contributed by atoms with Crippen LogP contribution in [-0.2, 0) is 21.1 Å². The van der Waals surface area contributed by atoms with Gasteiger partial charge in [0, 0.05) is 18.7 Å². The predicted molar refractivity (Wildman–Crippen MR) is 94.9 cm³/mol. The van der Waals surface area contributed by atoms with E-state index in [0.29, 0.717) is 12.0 Å². The summed E-state index contributed by atoms with van der Waals surface area (Å²) in [6.45, 7) is 0.469. The van der Waals surface area contributed by atoms with E-state index in [2.05, 4.69) is 0 Å². The third kappa shape index (κ3) is 4.20. The molecular weight excluding hydrogens is 358 g/mol. The van der Waals surface area contributed by atoms with Crippen LogP contribution in [0.4, 0.5) is 0 Å². The fourth-order valence-electron chi connectivity index (χ4n) is 3.01. The summed E-state index contributed by atoms with van der Waals surface area (Å²) < 4.78 is 28.4. The Kier molecular flexibility index (Phi) is 5.24. The molecule has 1 atom stereocenters. The van der Waals surface area contributed by atoms with Gasteiger partial charge in [0.25, 0.3) is 0 Å². The number of carboxylic acid groups (broad SMARTS) is 1. The Morgan fingerprint density at radius 3 is 2.35 bits per heavy atom. The number of furan rings is 1. The molecule has 0 bridgehead atoms. The van der Waals surface area contributed by atoms with Gasteiger partial charge in [0.2, 0.25) is 0 Å². The molecule has 1 aromatic heterocycles. The number of hydrogen-bond acceptors (Lipinski definition) is 6. The number of aliphatic carboxylic acids is 1. The molecule has 1 aromatic carbocycles. The molecular formula is C18H19NO6S. The lowest BCUT2D eigenvalue weighted by molar-refractivity contribution is -0.143. The van der Waals surface area contributed by atoms with Gasteiger partial charge < -0.3 is 9.52 Å². The second-order valence-electron chi connectivity index (χ2n) is 6.26. The van der Waals surface area contributed by atoms with E-state index >= 15 is 0 Å². The van der Waals surface area contributed by atoms with E-state index in [9.17, 15) is 23.1 Å². The Labute approximate surface area is 151 Å². The second kappa shape index (κ2) is 7.43. The van der Waals surface area contributed by atoms with Crippen LogP contribution in [0.2, 0.25) is 0 Å². The van der Waals surface area contributed by atoms with Crippen LogP contribution in [0.1, 0.15) is 16.1 Å². The van der Waals surface area contributed by atoms with Crippen molar-refractivity contribution in [2.45, 2.75) is 12.5 Å². The molecule has 2 aromatic rings. The molecule has 0 aliphatic carbocycles.